The van der Waals surface area contributed by atoms with E-state index in [-0.39, 0.29) is 17.4 Å². The van der Waals surface area contributed by atoms with Gasteiger partial charge in [0, 0.05) is 17.3 Å². The smallest absolute Gasteiger partial charge is 0.225 e. The van der Waals surface area contributed by atoms with Crippen LogP contribution in [-0.2, 0) is 4.79 Å². The molecule has 0 saturated carbocycles. The first kappa shape index (κ1) is 10.8. The second-order valence-electron chi connectivity index (χ2n) is 3.78. The summed E-state index contributed by atoms with van der Waals surface area (Å²) in [5.74, 6) is 0.507. The van der Waals surface area contributed by atoms with E-state index in [0.717, 1.165) is 0 Å². The van der Waals surface area contributed by atoms with Gasteiger partial charge in [-0.15, -0.1) is 11.6 Å². The molecule has 0 aliphatic heterocycles. The van der Waals surface area contributed by atoms with Gasteiger partial charge in [0.05, 0.1) is 0 Å². The van der Waals surface area contributed by atoms with Crippen LogP contribution in [0.1, 0.15) is 27.7 Å². The molecule has 11 heavy (non-hydrogen) atoms. The van der Waals surface area contributed by atoms with E-state index in [9.17, 15) is 4.79 Å². The zero-order chi connectivity index (χ0) is 9.07. The van der Waals surface area contributed by atoms with Crippen molar-refractivity contribution >= 4 is 17.5 Å². The van der Waals surface area contributed by atoms with Crippen molar-refractivity contribution in [1.82, 2.24) is 5.32 Å². The van der Waals surface area contributed by atoms with Crippen molar-refractivity contribution in [2.45, 2.75) is 33.7 Å². The predicted octanol–water partition coefficient (Wildman–Crippen LogP) is 1.78. The van der Waals surface area contributed by atoms with Crippen LogP contribution in [0.15, 0.2) is 0 Å². The Kier molecular flexibility index (Phi) is 3.87. The number of carbonyl (C=O) groups excluding carboxylic acids is 1. The molecule has 0 aromatic carbocycles. The Hall–Kier alpha value is -0.240. The van der Waals surface area contributed by atoms with Gasteiger partial charge in [-0.1, -0.05) is 20.8 Å². The van der Waals surface area contributed by atoms with E-state index in [4.69, 9.17) is 11.6 Å². The summed E-state index contributed by atoms with van der Waals surface area (Å²) < 4.78 is 0. The van der Waals surface area contributed by atoms with Gasteiger partial charge in [0.2, 0.25) is 5.91 Å². The summed E-state index contributed by atoms with van der Waals surface area (Å²) in [6, 6.07) is 0.0587. The van der Waals surface area contributed by atoms with Crippen LogP contribution in [-0.4, -0.2) is 17.8 Å². The molecule has 66 valence electrons. The minimum Gasteiger partial charge on any atom is -0.352 e. The van der Waals surface area contributed by atoms with E-state index in [1.165, 1.54) is 0 Å². The molecule has 1 atom stereocenters. The third-order valence-corrected chi connectivity index (χ3v) is 1.75. The molecular weight excluding hydrogens is 162 g/mol. The number of carbonyl (C=O) groups is 1. The molecule has 3 heteroatoms. The Bertz CT molecular complexity index is 140. The van der Waals surface area contributed by atoms with E-state index in [1.807, 2.05) is 27.7 Å². The van der Waals surface area contributed by atoms with E-state index >= 15 is 0 Å². The maximum absolute atomic E-state index is 11.3. The van der Waals surface area contributed by atoms with Crippen LogP contribution in [0.3, 0.4) is 0 Å². The highest BCUT2D eigenvalue weighted by Gasteiger charge is 2.21. The summed E-state index contributed by atoms with van der Waals surface area (Å²) in [7, 11) is 0. The first-order chi connectivity index (χ1) is 4.88. The van der Waals surface area contributed by atoms with E-state index in [1.54, 1.807) is 0 Å². The third kappa shape index (κ3) is 4.25. The largest absolute Gasteiger partial charge is 0.352 e. The van der Waals surface area contributed by atoms with Gasteiger partial charge in [-0.05, 0) is 6.92 Å². The SMILES string of the molecule is CC(CCl)NC(=O)C(C)(C)C. The Morgan fingerprint density at radius 2 is 2.00 bits per heavy atom. The lowest BCUT2D eigenvalue weighted by atomic mass is 9.95. The average molecular weight is 178 g/mol. The zero-order valence-electron chi connectivity index (χ0n) is 7.57. The van der Waals surface area contributed by atoms with Crippen molar-refractivity contribution in [2.75, 3.05) is 5.88 Å². The molecule has 2 nitrogen and oxygen atoms in total. The second kappa shape index (κ2) is 3.96. The number of halogens is 1. The van der Waals surface area contributed by atoms with Crippen LogP contribution in [0.5, 0.6) is 0 Å². The Labute approximate surface area is 73.3 Å². The third-order valence-electron chi connectivity index (χ3n) is 1.29. The highest BCUT2D eigenvalue weighted by atomic mass is 35.5. The Morgan fingerprint density at radius 1 is 1.55 bits per heavy atom. The van der Waals surface area contributed by atoms with Gasteiger partial charge in [-0.2, -0.15) is 0 Å². The Morgan fingerprint density at radius 3 is 2.27 bits per heavy atom. The molecule has 1 unspecified atom stereocenters. The molecule has 1 N–H and O–H groups in total. The van der Waals surface area contributed by atoms with Crippen LogP contribution in [0.2, 0.25) is 0 Å². The monoisotopic (exact) mass is 177 g/mol. The van der Waals surface area contributed by atoms with Crippen molar-refractivity contribution in [2.24, 2.45) is 5.41 Å². The van der Waals surface area contributed by atoms with Crippen molar-refractivity contribution < 1.29 is 4.79 Å². The van der Waals surface area contributed by atoms with Crippen LogP contribution in [0.4, 0.5) is 0 Å². The quantitative estimate of drug-likeness (QED) is 0.641. The lowest BCUT2D eigenvalue weighted by Crippen LogP contribution is -2.41. The fourth-order valence-electron chi connectivity index (χ4n) is 0.479. The summed E-state index contributed by atoms with van der Waals surface area (Å²) in [4.78, 5) is 11.3. The van der Waals surface area contributed by atoms with Crippen molar-refractivity contribution in [3.63, 3.8) is 0 Å². The molecule has 1 amide bonds. The van der Waals surface area contributed by atoms with Gasteiger partial charge in [0.25, 0.3) is 0 Å². The summed E-state index contributed by atoms with van der Waals surface area (Å²) in [5.41, 5.74) is -0.319. The lowest BCUT2D eigenvalue weighted by molar-refractivity contribution is -0.128. The van der Waals surface area contributed by atoms with E-state index < -0.39 is 0 Å². The van der Waals surface area contributed by atoms with Gasteiger partial charge in [-0.25, -0.2) is 0 Å². The van der Waals surface area contributed by atoms with Gasteiger partial charge in [0.1, 0.15) is 0 Å². The number of nitrogens with one attached hydrogen (secondary N) is 1. The first-order valence-corrected chi connectivity index (χ1v) is 4.28. The van der Waals surface area contributed by atoms with Crippen molar-refractivity contribution in [3.8, 4) is 0 Å². The first-order valence-electron chi connectivity index (χ1n) is 3.75. The number of hydrogen-bond donors (Lipinski definition) is 1. The maximum Gasteiger partial charge on any atom is 0.225 e. The molecule has 0 bridgehead atoms. The van der Waals surface area contributed by atoms with Gasteiger partial charge >= 0.3 is 0 Å². The molecule has 0 rings (SSSR count). The standard InChI is InChI=1S/C8H16ClNO/c1-6(5-9)10-7(11)8(2,3)4/h6H,5H2,1-4H3,(H,10,11). The molecule has 0 aliphatic rings. The normalized spacial score (nSPS) is 14.3. The minimum atomic E-state index is -0.319. The highest BCUT2D eigenvalue weighted by molar-refractivity contribution is 6.18. The molecular formula is C8H16ClNO. The summed E-state index contributed by atoms with van der Waals surface area (Å²) in [5, 5.41) is 2.80. The molecule has 0 aliphatic carbocycles. The highest BCUT2D eigenvalue weighted by Crippen LogP contribution is 2.12. The average Bonchev–Trinajstić information content (AvgIpc) is 1.85. The van der Waals surface area contributed by atoms with Crippen LogP contribution < -0.4 is 5.32 Å². The molecule has 0 fully saturated rings. The summed E-state index contributed by atoms with van der Waals surface area (Å²) >= 11 is 5.53. The maximum atomic E-state index is 11.3. The molecule has 0 aromatic heterocycles. The fraction of sp³-hybridized carbons (Fsp3) is 0.875. The minimum absolute atomic E-state index is 0.0469. The van der Waals surface area contributed by atoms with Crippen molar-refractivity contribution in [1.29, 1.82) is 0 Å². The number of hydrogen-bond acceptors (Lipinski definition) is 1. The van der Waals surface area contributed by atoms with Crippen LogP contribution in [0.25, 0.3) is 0 Å². The van der Waals surface area contributed by atoms with Gasteiger partial charge in [0.15, 0.2) is 0 Å². The molecule has 0 radical (unpaired) electrons. The molecule has 0 saturated heterocycles. The topological polar surface area (TPSA) is 29.1 Å². The number of amides is 1. The van der Waals surface area contributed by atoms with E-state index in [0.29, 0.717) is 5.88 Å². The van der Waals surface area contributed by atoms with E-state index in [2.05, 4.69) is 5.32 Å². The van der Waals surface area contributed by atoms with Crippen LogP contribution >= 0.6 is 11.6 Å². The van der Waals surface area contributed by atoms with Gasteiger partial charge < -0.3 is 5.32 Å². The lowest BCUT2D eigenvalue weighted by Gasteiger charge is -2.20. The number of alkyl halides is 1. The summed E-state index contributed by atoms with van der Waals surface area (Å²) in [6.45, 7) is 7.52. The fourth-order valence-corrected chi connectivity index (χ4v) is 0.556. The van der Waals surface area contributed by atoms with Gasteiger partial charge in [-0.3, -0.25) is 4.79 Å². The van der Waals surface area contributed by atoms with Crippen molar-refractivity contribution in [3.05, 3.63) is 0 Å². The predicted molar refractivity (Wildman–Crippen MR) is 47.8 cm³/mol. The number of rotatable bonds is 2. The second-order valence-corrected chi connectivity index (χ2v) is 4.09. The molecule has 0 spiro atoms. The molecule has 0 heterocycles. The Balaban J connectivity index is 3.88. The molecule has 0 aromatic rings. The zero-order valence-corrected chi connectivity index (χ0v) is 8.33. The summed E-state index contributed by atoms with van der Waals surface area (Å²) in [6.07, 6.45) is 0. The van der Waals surface area contributed by atoms with Crippen LogP contribution in [0, 0.1) is 5.41 Å².